The lowest BCUT2D eigenvalue weighted by Gasteiger charge is -2.29. The molecule has 0 saturated carbocycles. The number of rotatable bonds is 4. The molecule has 2 aromatic carbocycles. The van der Waals surface area contributed by atoms with Crippen molar-refractivity contribution in [1.29, 1.82) is 0 Å². The molecule has 2 heterocycles. The number of hydrogen-bond donors (Lipinski definition) is 2. The Morgan fingerprint density at radius 2 is 1.90 bits per heavy atom. The molecule has 29 heavy (non-hydrogen) atoms. The quantitative estimate of drug-likeness (QED) is 0.770. The van der Waals surface area contributed by atoms with Crippen LogP contribution >= 0.6 is 0 Å². The van der Waals surface area contributed by atoms with E-state index in [1.807, 2.05) is 0 Å². The second-order valence-electron chi connectivity index (χ2n) is 6.91. The number of carbonyl (C=O) groups is 4. The Morgan fingerprint density at radius 1 is 1.14 bits per heavy atom. The first kappa shape index (κ1) is 18.7. The van der Waals surface area contributed by atoms with Crippen LogP contribution in [-0.4, -0.2) is 41.7 Å². The summed E-state index contributed by atoms with van der Waals surface area (Å²) in [5.41, 5.74) is 2.08. The summed E-state index contributed by atoms with van der Waals surface area (Å²) in [6, 6.07) is 11.1. The molecule has 0 bridgehead atoms. The summed E-state index contributed by atoms with van der Waals surface area (Å²) >= 11 is 0. The van der Waals surface area contributed by atoms with Gasteiger partial charge >= 0.3 is 0 Å². The van der Waals surface area contributed by atoms with Gasteiger partial charge in [-0.3, -0.25) is 24.5 Å². The maximum absolute atomic E-state index is 12.8. The van der Waals surface area contributed by atoms with Gasteiger partial charge in [-0.1, -0.05) is 6.07 Å². The van der Waals surface area contributed by atoms with Gasteiger partial charge in [-0.15, -0.1) is 0 Å². The van der Waals surface area contributed by atoms with Crippen molar-refractivity contribution in [1.82, 2.24) is 10.2 Å². The topological polar surface area (TPSA) is 105 Å². The Hall–Kier alpha value is -3.68. The van der Waals surface area contributed by atoms with E-state index in [1.165, 1.54) is 4.90 Å². The average Bonchev–Trinajstić information content (AvgIpc) is 3.05. The van der Waals surface area contributed by atoms with Gasteiger partial charge in [-0.25, -0.2) is 0 Å². The molecular formula is C21H19N3O5. The number of anilines is 1. The SMILES string of the molecule is COc1ccc(C(=O)Nc2cccc3c2CN(C2CCC(=O)NC2=O)C3=O)cc1. The summed E-state index contributed by atoms with van der Waals surface area (Å²) < 4.78 is 5.10. The summed E-state index contributed by atoms with van der Waals surface area (Å²) in [5, 5.41) is 5.12. The molecule has 1 atom stereocenters. The number of ether oxygens (including phenoxy) is 1. The zero-order valence-corrected chi connectivity index (χ0v) is 15.7. The summed E-state index contributed by atoms with van der Waals surface area (Å²) in [5.74, 6) is -0.746. The summed E-state index contributed by atoms with van der Waals surface area (Å²) in [4.78, 5) is 50.5. The highest BCUT2D eigenvalue weighted by Crippen LogP contribution is 2.32. The molecule has 0 aliphatic carbocycles. The first-order chi connectivity index (χ1) is 14.0. The number of piperidine rings is 1. The fraction of sp³-hybridized carbons (Fsp3) is 0.238. The van der Waals surface area contributed by atoms with Crippen molar-refractivity contribution in [2.75, 3.05) is 12.4 Å². The molecule has 1 fully saturated rings. The molecule has 1 saturated heterocycles. The number of nitrogens with zero attached hydrogens (tertiary/aromatic N) is 1. The minimum absolute atomic E-state index is 0.192. The Kier molecular flexibility index (Phi) is 4.75. The molecule has 2 aromatic rings. The number of imide groups is 1. The number of amides is 4. The molecule has 2 N–H and O–H groups in total. The molecule has 0 aromatic heterocycles. The summed E-state index contributed by atoms with van der Waals surface area (Å²) in [6.45, 7) is 0.194. The third kappa shape index (κ3) is 3.44. The summed E-state index contributed by atoms with van der Waals surface area (Å²) in [6.07, 6.45) is 0.482. The number of fused-ring (bicyclic) bond motifs is 1. The minimum Gasteiger partial charge on any atom is -0.497 e. The number of hydrogen-bond acceptors (Lipinski definition) is 5. The lowest BCUT2D eigenvalue weighted by atomic mass is 10.0. The van der Waals surface area contributed by atoms with E-state index in [9.17, 15) is 19.2 Å². The Morgan fingerprint density at radius 3 is 2.59 bits per heavy atom. The zero-order valence-electron chi connectivity index (χ0n) is 15.7. The van der Waals surface area contributed by atoms with Crippen LogP contribution in [0.2, 0.25) is 0 Å². The Labute approximate surface area is 166 Å². The third-order valence-corrected chi connectivity index (χ3v) is 5.18. The van der Waals surface area contributed by atoms with Gasteiger partial charge in [-0.2, -0.15) is 0 Å². The maximum atomic E-state index is 12.8. The van der Waals surface area contributed by atoms with Crippen molar-refractivity contribution in [3.05, 3.63) is 59.2 Å². The summed E-state index contributed by atoms with van der Waals surface area (Å²) in [7, 11) is 1.55. The second-order valence-corrected chi connectivity index (χ2v) is 6.91. The van der Waals surface area contributed by atoms with E-state index >= 15 is 0 Å². The third-order valence-electron chi connectivity index (χ3n) is 5.18. The van der Waals surface area contributed by atoms with Crippen molar-refractivity contribution in [2.45, 2.75) is 25.4 Å². The van der Waals surface area contributed by atoms with Crippen molar-refractivity contribution in [2.24, 2.45) is 0 Å². The van der Waals surface area contributed by atoms with Gasteiger partial charge in [0.25, 0.3) is 11.8 Å². The van der Waals surface area contributed by atoms with Crippen molar-refractivity contribution >= 4 is 29.3 Å². The maximum Gasteiger partial charge on any atom is 0.255 e. The number of methoxy groups -OCH3 is 1. The molecule has 8 nitrogen and oxygen atoms in total. The first-order valence-electron chi connectivity index (χ1n) is 9.20. The van der Waals surface area contributed by atoms with Crippen LogP contribution in [0.15, 0.2) is 42.5 Å². The van der Waals surface area contributed by atoms with E-state index in [-0.39, 0.29) is 37.1 Å². The van der Waals surface area contributed by atoms with Gasteiger partial charge in [0.15, 0.2) is 0 Å². The number of benzene rings is 2. The van der Waals surface area contributed by atoms with Gasteiger partial charge in [0.1, 0.15) is 11.8 Å². The molecule has 0 spiro atoms. The van der Waals surface area contributed by atoms with Crippen LogP contribution in [0, 0.1) is 0 Å². The van der Waals surface area contributed by atoms with Gasteiger partial charge in [0.05, 0.1) is 7.11 Å². The van der Waals surface area contributed by atoms with E-state index in [0.29, 0.717) is 28.1 Å². The number of nitrogens with one attached hydrogen (secondary N) is 2. The van der Waals surface area contributed by atoms with Crippen molar-refractivity contribution < 1.29 is 23.9 Å². The monoisotopic (exact) mass is 393 g/mol. The van der Waals surface area contributed by atoms with Crippen LogP contribution < -0.4 is 15.4 Å². The van der Waals surface area contributed by atoms with E-state index in [4.69, 9.17) is 4.74 Å². The van der Waals surface area contributed by atoms with Crippen molar-refractivity contribution in [3.8, 4) is 5.75 Å². The highest BCUT2D eigenvalue weighted by molar-refractivity contribution is 6.08. The molecule has 8 heteroatoms. The van der Waals surface area contributed by atoms with Gasteiger partial charge in [-0.05, 0) is 42.8 Å². The lowest BCUT2D eigenvalue weighted by Crippen LogP contribution is -2.52. The van der Waals surface area contributed by atoms with E-state index in [2.05, 4.69) is 10.6 Å². The van der Waals surface area contributed by atoms with Crippen LogP contribution in [-0.2, 0) is 16.1 Å². The molecular weight excluding hydrogens is 374 g/mol. The van der Waals surface area contributed by atoms with Gasteiger partial charge in [0.2, 0.25) is 11.8 Å². The van der Waals surface area contributed by atoms with Crippen LogP contribution in [0.1, 0.15) is 39.1 Å². The molecule has 0 radical (unpaired) electrons. The molecule has 4 rings (SSSR count). The fourth-order valence-corrected chi connectivity index (χ4v) is 3.64. The Bertz CT molecular complexity index is 1020. The first-order valence-corrected chi connectivity index (χ1v) is 9.20. The average molecular weight is 393 g/mol. The molecule has 4 amide bonds. The van der Waals surface area contributed by atoms with Gasteiger partial charge in [0, 0.05) is 35.3 Å². The highest BCUT2D eigenvalue weighted by Gasteiger charge is 2.39. The highest BCUT2D eigenvalue weighted by atomic mass is 16.5. The fourth-order valence-electron chi connectivity index (χ4n) is 3.64. The standard InChI is InChI=1S/C21H19N3O5/c1-29-13-7-5-12(6-8-13)19(26)22-16-4-2-3-14-15(16)11-24(21(14)28)17-9-10-18(25)23-20(17)27/h2-8,17H,9-11H2,1H3,(H,22,26)(H,23,25,27). The van der Waals surface area contributed by atoms with Crippen LogP contribution in [0.25, 0.3) is 0 Å². The van der Waals surface area contributed by atoms with Crippen LogP contribution in [0.3, 0.4) is 0 Å². The zero-order chi connectivity index (χ0) is 20.5. The predicted molar refractivity (Wildman–Crippen MR) is 103 cm³/mol. The van der Waals surface area contributed by atoms with Crippen molar-refractivity contribution in [3.63, 3.8) is 0 Å². The molecule has 1 unspecified atom stereocenters. The lowest BCUT2D eigenvalue weighted by molar-refractivity contribution is -0.136. The van der Waals surface area contributed by atoms with E-state index < -0.39 is 11.9 Å². The Balaban J connectivity index is 1.55. The van der Waals surface area contributed by atoms with Gasteiger partial charge < -0.3 is 15.0 Å². The largest absolute Gasteiger partial charge is 0.497 e. The second kappa shape index (κ2) is 7.38. The smallest absolute Gasteiger partial charge is 0.255 e. The predicted octanol–water partition coefficient (Wildman–Crippen LogP) is 1.71. The molecule has 2 aliphatic rings. The van der Waals surface area contributed by atoms with Crippen LogP contribution in [0.5, 0.6) is 5.75 Å². The van der Waals surface area contributed by atoms with E-state index in [1.54, 1.807) is 49.6 Å². The van der Waals surface area contributed by atoms with E-state index in [0.717, 1.165) is 0 Å². The van der Waals surface area contributed by atoms with Crippen LogP contribution in [0.4, 0.5) is 5.69 Å². The molecule has 2 aliphatic heterocycles. The minimum atomic E-state index is -0.697. The molecule has 148 valence electrons. The normalized spacial score (nSPS) is 18.3. The number of carbonyl (C=O) groups excluding carboxylic acids is 4.